The van der Waals surface area contributed by atoms with Crippen LogP contribution in [-0.4, -0.2) is 60.7 Å². The van der Waals surface area contributed by atoms with Crippen molar-refractivity contribution < 1.29 is 4.74 Å². The third-order valence-corrected chi connectivity index (χ3v) is 4.63. The van der Waals surface area contributed by atoms with Crippen molar-refractivity contribution in [3.63, 3.8) is 0 Å². The Morgan fingerprint density at radius 1 is 1.19 bits per heavy atom. The second kappa shape index (κ2) is 9.21. The van der Waals surface area contributed by atoms with Crippen LogP contribution in [0.4, 0.5) is 5.95 Å². The lowest BCUT2D eigenvalue weighted by atomic mass is 10.1. The quantitative estimate of drug-likeness (QED) is 0.644. The molecule has 7 nitrogen and oxygen atoms in total. The van der Waals surface area contributed by atoms with Crippen LogP contribution >= 0.6 is 0 Å². The number of guanidine groups is 1. The smallest absolute Gasteiger partial charge is 0.225 e. The van der Waals surface area contributed by atoms with Crippen molar-refractivity contribution in [1.29, 1.82) is 0 Å². The number of aromatic nitrogens is 2. The number of hydrogen-bond donors (Lipinski definition) is 1. The molecular formula is C20H28N6O. The van der Waals surface area contributed by atoms with Crippen molar-refractivity contribution in [2.75, 3.05) is 44.7 Å². The molecule has 1 aromatic heterocycles. The van der Waals surface area contributed by atoms with Crippen molar-refractivity contribution >= 4 is 11.9 Å². The van der Waals surface area contributed by atoms with E-state index >= 15 is 0 Å². The van der Waals surface area contributed by atoms with Gasteiger partial charge in [-0.1, -0.05) is 12.1 Å². The molecule has 1 saturated heterocycles. The first-order valence-electron chi connectivity index (χ1n) is 9.40. The zero-order valence-electron chi connectivity index (χ0n) is 16.4. The molecular weight excluding hydrogens is 340 g/mol. The fourth-order valence-corrected chi connectivity index (χ4v) is 3.13. The summed E-state index contributed by atoms with van der Waals surface area (Å²) in [5.74, 6) is 2.65. The largest absolute Gasteiger partial charge is 0.496 e. The molecule has 0 radical (unpaired) electrons. The first kappa shape index (κ1) is 18.9. The maximum Gasteiger partial charge on any atom is 0.225 e. The number of aryl methyl sites for hydroxylation is 1. The Bertz CT molecular complexity index is 756. The number of benzene rings is 1. The molecule has 1 aliphatic rings. The average Bonchev–Trinajstić information content (AvgIpc) is 2.73. The number of hydrogen-bond acceptors (Lipinski definition) is 5. The number of piperazine rings is 1. The third-order valence-electron chi connectivity index (χ3n) is 4.63. The van der Waals surface area contributed by atoms with Crippen LogP contribution < -0.4 is 15.0 Å². The van der Waals surface area contributed by atoms with Gasteiger partial charge in [-0.2, -0.15) is 0 Å². The van der Waals surface area contributed by atoms with Gasteiger partial charge in [0.05, 0.1) is 13.7 Å². The Morgan fingerprint density at radius 2 is 1.93 bits per heavy atom. The molecule has 0 unspecified atom stereocenters. The highest BCUT2D eigenvalue weighted by molar-refractivity contribution is 5.80. The molecule has 144 valence electrons. The lowest BCUT2D eigenvalue weighted by Crippen LogP contribution is -2.52. The number of nitrogens with one attached hydrogen (secondary N) is 1. The van der Waals surface area contributed by atoms with Gasteiger partial charge in [-0.15, -0.1) is 0 Å². The number of nitrogens with zero attached hydrogens (tertiary/aromatic N) is 5. The third kappa shape index (κ3) is 4.87. The zero-order valence-corrected chi connectivity index (χ0v) is 16.4. The summed E-state index contributed by atoms with van der Waals surface area (Å²) in [5.41, 5.74) is 2.28. The minimum Gasteiger partial charge on any atom is -0.496 e. The van der Waals surface area contributed by atoms with Crippen LogP contribution in [0.1, 0.15) is 18.1 Å². The van der Waals surface area contributed by atoms with Crippen LogP contribution in [0.5, 0.6) is 5.75 Å². The summed E-state index contributed by atoms with van der Waals surface area (Å²) in [6.07, 6.45) is 3.58. The molecule has 1 aromatic carbocycles. The Balaban J connectivity index is 1.64. The van der Waals surface area contributed by atoms with Gasteiger partial charge in [0.1, 0.15) is 5.75 Å². The molecule has 2 heterocycles. The predicted octanol–water partition coefficient (Wildman–Crippen LogP) is 2.08. The summed E-state index contributed by atoms with van der Waals surface area (Å²) in [7, 11) is 1.70. The Hall–Kier alpha value is -2.83. The average molecular weight is 368 g/mol. The van der Waals surface area contributed by atoms with Crippen molar-refractivity contribution in [2.45, 2.75) is 20.4 Å². The number of rotatable bonds is 5. The summed E-state index contributed by atoms with van der Waals surface area (Å²) in [5, 5.41) is 3.41. The molecule has 3 rings (SSSR count). The summed E-state index contributed by atoms with van der Waals surface area (Å²) in [6, 6.07) is 8.09. The molecule has 7 heteroatoms. The molecule has 0 atom stereocenters. The molecule has 1 N–H and O–H groups in total. The van der Waals surface area contributed by atoms with Crippen LogP contribution in [-0.2, 0) is 6.54 Å². The minimum absolute atomic E-state index is 0.626. The Kier molecular flexibility index (Phi) is 6.46. The molecule has 0 amide bonds. The van der Waals surface area contributed by atoms with Crippen molar-refractivity contribution in [2.24, 2.45) is 4.99 Å². The summed E-state index contributed by atoms with van der Waals surface area (Å²) < 4.78 is 5.42. The van der Waals surface area contributed by atoms with Gasteiger partial charge >= 0.3 is 0 Å². The van der Waals surface area contributed by atoms with Gasteiger partial charge in [-0.05, 0) is 37.1 Å². The summed E-state index contributed by atoms with van der Waals surface area (Å²) in [6.45, 7) is 9.16. The second-order valence-corrected chi connectivity index (χ2v) is 6.50. The molecule has 1 aliphatic heterocycles. The first-order chi connectivity index (χ1) is 13.2. The maximum atomic E-state index is 5.42. The second-order valence-electron chi connectivity index (χ2n) is 6.50. The fraction of sp³-hybridized carbons (Fsp3) is 0.450. The highest BCUT2D eigenvalue weighted by atomic mass is 16.5. The predicted molar refractivity (Wildman–Crippen MR) is 108 cm³/mol. The highest BCUT2D eigenvalue weighted by Gasteiger charge is 2.21. The van der Waals surface area contributed by atoms with E-state index in [-0.39, 0.29) is 0 Å². The van der Waals surface area contributed by atoms with Gasteiger partial charge in [0, 0.05) is 45.1 Å². The number of ether oxygens (including phenoxy) is 1. The van der Waals surface area contributed by atoms with Crippen LogP contribution in [0.2, 0.25) is 0 Å². The van der Waals surface area contributed by atoms with E-state index in [4.69, 9.17) is 9.73 Å². The molecule has 0 spiro atoms. The number of anilines is 1. The van der Waals surface area contributed by atoms with E-state index in [9.17, 15) is 0 Å². The van der Waals surface area contributed by atoms with Crippen LogP contribution in [0, 0.1) is 6.92 Å². The number of methoxy groups -OCH3 is 1. The van der Waals surface area contributed by atoms with Crippen LogP contribution in [0.15, 0.2) is 41.7 Å². The highest BCUT2D eigenvalue weighted by Crippen LogP contribution is 2.19. The first-order valence-corrected chi connectivity index (χ1v) is 9.40. The van der Waals surface area contributed by atoms with E-state index in [0.717, 1.165) is 61.5 Å². The Morgan fingerprint density at radius 3 is 2.59 bits per heavy atom. The normalized spacial score (nSPS) is 15.0. The maximum absolute atomic E-state index is 5.42. The van der Waals surface area contributed by atoms with Crippen molar-refractivity contribution in [3.05, 3.63) is 47.8 Å². The molecule has 1 fully saturated rings. The van der Waals surface area contributed by atoms with Gasteiger partial charge in [0.25, 0.3) is 0 Å². The molecule has 27 heavy (non-hydrogen) atoms. The number of aliphatic imine (C=N–C) groups is 1. The standard InChI is InChI=1S/C20H28N6O/c1-4-21-19(24-15-17-7-6-16(2)18(14-17)27-3)25-10-12-26(13-11-25)20-22-8-5-9-23-20/h5-9,14H,4,10-13,15H2,1-3H3,(H,21,24). The van der Waals surface area contributed by atoms with E-state index in [1.54, 1.807) is 19.5 Å². The molecule has 2 aromatic rings. The minimum atomic E-state index is 0.626. The van der Waals surface area contributed by atoms with E-state index in [2.05, 4.69) is 50.2 Å². The molecule has 0 bridgehead atoms. The van der Waals surface area contributed by atoms with E-state index in [1.165, 1.54) is 0 Å². The van der Waals surface area contributed by atoms with Gasteiger partial charge in [-0.25, -0.2) is 15.0 Å². The topological polar surface area (TPSA) is 65.9 Å². The van der Waals surface area contributed by atoms with E-state index in [1.807, 2.05) is 13.0 Å². The van der Waals surface area contributed by atoms with Gasteiger partial charge < -0.3 is 19.9 Å². The van der Waals surface area contributed by atoms with Gasteiger partial charge in [0.2, 0.25) is 5.95 Å². The summed E-state index contributed by atoms with van der Waals surface area (Å²) >= 11 is 0. The zero-order chi connectivity index (χ0) is 19.1. The molecule has 0 aliphatic carbocycles. The lowest BCUT2D eigenvalue weighted by Gasteiger charge is -2.36. The van der Waals surface area contributed by atoms with Crippen molar-refractivity contribution in [3.8, 4) is 5.75 Å². The SMILES string of the molecule is CCNC(=NCc1ccc(C)c(OC)c1)N1CCN(c2ncccn2)CC1. The summed E-state index contributed by atoms with van der Waals surface area (Å²) in [4.78, 5) is 18.0. The van der Waals surface area contributed by atoms with Crippen molar-refractivity contribution in [1.82, 2.24) is 20.2 Å². The van der Waals surface area contributed by atoms with Crippen LogP contribution in [0.3, 0.4) is 0 Å². The van der Waals surface area contributed by atoms with E-state index < -0.39 is 0 Å². The molecule has 0 saturated carbocycles. The van der Waals surface area contributed by atoms with Gasteiger partial charge in [0.15, 0.2) is 5.96 Å². The van der Waals surface area contributed by atoms with Crippen LogP contribution in [0.25, 0.3) is 0 Å². The van der Waals surface area contributed by atoms with Gasteiger partial charge in [-0.3, -0.25) is 0 Å². The lowest BCUT2D eigenvalue weighted by molar-refractivity contribution is 0.370. The fourth-order valence-electron chi connectivity index (χ4n) is 3.13. The Labute approximate surface area is 161 Å². The van der Waals surface area contributed by atoms with E-state index in [0.29, 0.717) is 6.54 Å². The monoisotopic (exact) mass is 368 g/mol.